The van der Waals surface area contributed by atoms with Gasteiger partial charge in [-0.05, 0) is 43.9 Å². The summed E-state index contributed by atoms with van der Waals surface area (Å²) in [7, 11) is -3.69. The van der Waals surface area contributed by atoms with Crippen LogP contribution in [0.5, 0.6) is 0 Å². The molecule has 2 aromatic rings. The SMILES string of the molecule is O=C(Nc1ccccc1C(=O)N1CCCCCC1)C1CCN(S(=O)(=O)Cc2ccccc2F)CC1. The number of amides is 2. The van der Waals surface area contributed by atoms with Crippen molar-refractivity contribution in [3.8, 4) is 0 Å². The highest BCUT2D eigenvalue weighted by molar-refractivity contribution is 7.88. The van der Waals surface area contributed by atoms with Crippen LogP contribution in [0.2, 0.25) is 0 Å². The van der Waals surface area contributed by atoms with Crippen molar-refractivity contribution in [3.05, 3.63) is 65.5 Å². The summed E-state index contributed by atoms with van der Waals surface area (Å²) in [6, 6.07) is 12.9. The topological polar surface area (TPSA) is 86.8 Å². The molecule has 2 aliphatic heterocycles. The molecule has 0 radical (unpaired) electrons. The Labute approximate surface area is 206 Å². The van der Waals surface area contributed by atoms with Gasteiger partial charge in [0.2, 0.25) is 15.9 Å². The number of carbonyl (C=O) groups excluding carboxylic acids is 2. The predicted octanol–water partition coefficient (Wildman–Crippen LogP) is 4.02. The number of carbonyl (C=O) groups is 2. The number of para-hydroxylation sites is 1. The smallest absolute Gasteiger partial charge is 0.255 e. The minimum atomic E-state index is -3.69. The van der Waals surface area contributed by atoms with Crippen molar-refractivity contribution in [3.63, 3.8) is 0 Å². The van der Waals surface area contributed by atoms with E-state index in [0.29, 0.717) is 24.1 Å². The molecule has 0 spiro atoms. The quantitative estimate of drug-likeness (QED) is 0.648. The van der Waals surface area contributed by atoms with Gasteiger partial charge in [0.05, 0.1) is 17.0 Å². The first-order valence-electron chi connectivity index (χ1n) is 12.3. The average molecular weight is 502 g/mol. The van der Waals surface area contributed by atoms with Gasteiger partial charge in [-0.15, -0.1) is 0 Å². The zero-order valence-corrected chi connectivity index (χ0v) is 20.6. The average Bonchev–Trinajstić information content (AvgIpc) is 3.15. The standard InChI is InChI=1S/C26H32FN3O4S/c27-23-11-5-3-9-21(23)19-35(33,34)30-17-13-20(14-18-30)25(31)28-24-12-6-4-10-22(24)26(32)29-15-7-1-2-8-16-29/h3-6,9-12,20H,1-2,7-8,13-19H2,(H,28,31). The molecular formula is C26H32FN3O4S. The Hall–Kier alpha value is -2.78. The molecule has 0 aliphatic carbocycles. The number of piperidine rings is 1. The molecule has 0 saturated carbocycles. The minimum Gasteiger partial charge on any atom is -0.339 e. The molecule has 9 heteroatoms. The van der Waals surface area contributed by atoms with Gasteiger partial charge in [-0.25, -0.2) is 17.1 Å². The van der Waals surface area contributed by atoms with E-state index in [1.165, 1.54) is 22.5 Å². The summed E-state index contributed by atoms with van der Waals surface area (Å²) in [6.07, 6.45) is 4.94. The van der Waals surface area contributed by atoms with E-state index < -0.39 is 21.6 Å². The number of benzene rings is 2. The zero-order valence-electron chi connectivity index (χ0n) is 19.8. The van der Waals surface area contributed by atoms with Gasteiger partial charge in [0.1, 0.15) is 5.82 Å². The first-order chi connectivity index (χ1) is 16.8. The van der Waals surface area contributed by atoms with E-state index in [4.69, 9.17) is 0 Å². The second kappa shape index (κ2) is 11.3. The van der Waals surface area contributed by atoms with Crippen LogP contribution in [-0.2, 0) is 20.6 Å². The van der Waals surface area contributed by atoms with E-state index in [-0.39, 0.29) is 36.4 Å². The Bertz CT molecular complexity index is 1150. The Morgan fingerprint density at radius 1 is 0.886 bits per heavy atom. The van der Waals surface area contributed by atoms with Crippen molar-refractivity contribution >= 4 is 27.5 Å². The van der Waals surface area contributed by atoms with Crippen LogP contribution < -0.4 is 5.32 Å². The third-order valence-corrected chi connectivity index (χ3v) is 8.65. The first-order valence-corrected chi connectivity index (χ1v) is 13.9. The third-order valence-electron chi connectivity index (χ3n) is 6.82. The van der Waals surface area contributed by atoms with Gasteiger partial charge in [-0.1, -0.05) is 43.2 Å². The van der Waals surface area contributed by atoms with E-state index >= 15 is 0 Å². The van der Waals surface area contributed by atoms with Crippen LogP contribution in [0.4, 0.5) is 10.1 Å². The number of likely N-dealkylation sites (tertiary alicyclic amines) is 1. The molecular weight excluding hydrogens is 469 g/mol. The van der Waals surface area contributed by atoms with Crippen LogP contribution in [0.15, 0.2) is 48.5 Å². The Morgan fingerprint density at radius 3 is 2.20 bits per heavy atom. The van der Waals surface area contributed by atoms with Crippen LogP contribution in [0.25, 0.3) is 0 Å². The molecule has 1 N–H and O–H groups in total. The van der Waals surface area contributed by atoms with Crippen LogP contribution >= 0.6 is 0 Å². The van der Waals surface area contributed by atoms with Gasteiger partial charge in [-0.2, -0.15) is 0 Å². The molecule has 7 nitrogen and oxygen atoms in total. The van der Waals surface area contributed by atoms with Crippen LogP contribution in [-0.4, -0.2) is 55.6 Å². The Kier molecular flexibility index (Phi) is 8.18. The van der Waals surface area contributed by atoms with E-state index in [9.17, 15) is 22.4 Å². The number of halogens is 1. The molecule has 2 heterocycles. The van der Waals surface area contributed by atoms with Crippen molar-refractivity contribution in [2.24, 2.45) is 5.92 Å². The highest BCUT2D eigenvalue weighted by Gasteiger charge is 2.32. The number of nitrogens with one attached hydrogen (secondary N) is 1. The monoisotopic (exact) mass is 501 g/mol. The minimum absolute atomic E-state index is 0.0724. The van der Waals surface area contributed by atoms with Crippen molar-refractivity contribution in [2.75, 3.05) is 31.5 Å². The molecule has 2 aliphatic rings. The van der Waals surface area contributed by atoms with Gasteiger partial charge in [0.25, 0.3) is 5.91 Å². The van der Waals surface area contributed by atoms with Gasteiger partial charge in [0.15, 0.2) is 0 Å². The van der Waals surface area contributed by atoms with E-state index in [1.807, 2.05) is 4.90 Å². The number of hydrogen-bond acceptors (Lipinski definition) is 4. The third kappa shape index (κ3) is 6.27. The summed E-state index contributed by atoms with van der Waals surface area (Å²) < 4.78 is 40.8. The Morgan fingerprint density at radius 2 is 1.51 bits per heavy atom. The maximum absolute atomic E-state index is 13.9. The summed E-state index contributed by atoms with van der Waals surface area (Å²) in [5.74, 6) is -1.60. The molecule has 35 heavy (non-hydrogen) atoms. The normalized spacial score (nSPS) is 18.1. The predicted molar refractivity (Wildman–Crippen MR) is 133 cm³/mol. The van der Waals surface area contributed by atoms with E-state index in [1.54, 1.807) is 30.3 Å². The summed E-state index contributed by atoms with van der Waals surface area (Å²) in [5.41, 5.74) is 1.10. The molecule has 2 aromatic carbocycles. The fourth-order valence-corrected chi connectivity index (χ4v) is 6.33. The number of sulfonamides is 1. The molecule has 0 unspecified atom stereocenters. The van der Waals surface area contributed by atoms with E-state index in [0.717, 1.165) is 38.8 Å². The molecule has 2 amide bonds. The molecule has 0 bridgehead atoms. The van der Waals surface area contributed by atoms with Gasteiger partial charge >= 0.3 is 0 Å². The lowest BCUT2D eigenvalue weighted by Crippen LogP contribution is -2.42. The molecule has 0 atom stereocenters. The fraction of sp³-hybridized carbons (Fsp3) is 0.462. The van der Waals surface area contributed by atoms with E-state index in [2.05, 4.69) is 5.32 Å². The summed E-state index contributed by atoms with van der Waals surface area (Å²) in [4.78, 5) is 28.0. The summed E-state index contributed by atoms with van der Waals surface area (Å²) >= 11 is 0. The molecule has 4 rings (SSSR count). The van der Waals surface area contributed by atoms with Crippen molar-refractivity contribution in [1.29, 1.82) is 0 Å². The molecule has 0 aromatic heterocycles. The van der Waals surface area contributed by atoms with Gasteiger partial charge in [-0.3, -0.25) is 9.59 Å². The maximum Gasteiger partial charge on any atom is 0.255 e. The zero-order chi connectivity index (χ0) is 24.8. The molecule has 2 fully saturated rings. The second-order valence-electron chi connectivity index (χ2n) is 9.26. The summed E-state index contributed by atoms with van der Waals surface area (Å²) in [5, 5.41) is 2.91. The highest BCUT2D eigenvalue weighted by Crippen LogP contribution is 2.25. The number of hydrogen-bond donors (Lipinski definition) is 1. The fourth-order valence-electron chi connectivity index (χ4n) is 4.76. The van der Waals surface area contributed by atoms with Crippen LogP contribution in [0, 0.1) is 11.7 Å². The lowest BCUT2D eigenvalue weighted by molar-refractivity contribution is -0.120. The molecule has 188 valence electrons. The Balaban J connectivity index is 1.36. The van der Waals surface area contributed by atoms with Crippen molar-refractivity contribution in [1.82, 2.24) is 9.21 Å². The largest absolute Gasteiger partial charge is 0.339 e. The lowest BCUT2D eigenvalue weighted by Gasteiger charge is -2.31. The lowest BCUT2D eigenvalue weighted by atomic mass is 9.97. The summed E-state index contributed by atoms with van der Waals surface area (Å²) in [6.45, 7) is 1.84. The van der Waals surface area contributed by atoms with Gasteiger partial charge in [0, 0.05) is 37.7 Å². The highest BCUT2D eigenvalue weighted by atomic mass is 32.2. The number of nitrogens with zero attached hydrogens (tertiary/aromatic N) is 2. The maximum atomic E-state index is 13.9. The van der Waals surface area contributed by atoms with Crippen molar-refractivity contribution in [2.45, 2.75) is 44.3 Å². The van der Waals surface area contributed by atoms with Crippen LogP contribution in [0.3, 0.4) is 0 Å². The second-order valence-corrected chi connectivity index (χ2v) is 11.2. The van der Waals surface area contributed by atoms with Gasteiger partial charge < -0.3 is 10.2 Å². The molecule has 2 saturated heterocycles. The van der Waals surface area contributed by atoms with Crippen molar-refractivity contribution < 1.29 is 22.4 Å². The number of anilines is 1. The number of rotatable bonds is 6. The van der Waals surface area contributed by atoms with Crippen LogP contribution in [0.1, 0.15) is 54.4 Å². The first kappa shape index (κ1) is 25.3.